The molecule has 130 valence electrons. The van der Waals surface area contributed by atoms with E-state index in [1.807, 2.05) is 36.9 Å². The second-order valence-electron chi connectivity index (χ2n) is 6.19. The molecular formula is C18H25N3O3. The summed E-state index contributed by atoms with van der Waals surface area (Å²) in [5.74, 6) is 2.03. The van der Waals surface area contributed by atoms with E-state index in [-0.39, 0.29) is 5.91 Å². The summed E-state index contributed by atoms with van der Waals surface area (Å²) in [5.41, 5.74) is 1.60. The van der Waals surface area contributed by atoms with Crippen molar-refractivity contribution in [2.75, 3.05) is 19.8 Å². The summed E-state index contributed by atoms with van der Waals surface area (Å²) in [6.45, 7) is 6.74. The van der Waals surface area contributed by atoms with E-state index >= 15 is 0 Å². The predicted molar refractivity (Wildman–Crippen MR) is 90.2 cm³/mol. The van der Waals surface area contributed by atoms with Gasteiger partial charge in [0.2, 0.25) is 0 Å². The molecule has 0 spiro atoms. The number of ether oxygens (including phenoxy) is 1. The van der Waals surface area contributed by atoms with Gasteiger partial charge in [-0.3, -0.25) is 9.48 Å². The molecule has 2 aromatic rings. The molecule has 0 radical (unpaired) electrons. The summed E-state index contributed by atoms with van der Waals surface area (Å²) < 4.78 is 12.8. The lowest BCUT2D eigenvalue weighted by Gasteiger charge is -2.21. The third-order valence-electron chi connectivity index (χ3n) is 4.42. The van der Waals surface area contributed by atoms with Gasteiger partial charge in [-0.05, 0) is 38.8 Å². The average Bonchev–Trinajstić information content (AvgIpc) is 3.22. The van der Waals surface area contributed by atoms with Gasteiger partial charge in [-0.2, -0.15) is 5.10 Å². The highest BCUT2D eigenvalue weighted by Gasteiger charge is 2.25. The van der Waals surface area contributed by atoms with Crippen LogP contribution in [0.25, 0.3) is 0 Å². The van der Waals surface area contributed by atoms with E-state index in [0.717, 1.165) is 49.8 Å². The van der Waals surface area contributed by atoms with Crippen LogP contribution in [0, 0.1) is 6.92 Å². The highest BCUT2D eigenvalue weighted by atomic mass is 16.5. The summed E-state index contributed by atoms with van der Waals surface area (Å²) in [4.78, 5) is 12.6. The number of aryl methyl sites for hydroxylation is 2. The van der Waals surface area contributed by atoms with Crippen LogP contribution in [0.2, 0.25) is 0 Å². The molecule has 2 aromatic heterocycles. The molecule has 0 unspecified atom stereocenters. The first-order valence-electron chi connectivity index (χ1n) is 8.66. The van der Waals surface area contributed by atoms with Crippen molar-refractivity contribution in [2.24, 2.45) is 0 Å². The number of furan rings is 1. The maximum Gasteiger partial charge on any atom is 0.254 e. The van der Waals surface area contributed by atoms with Gasteiger partial charge in [-0.25, -0.2) is 0 Å². The van der Waals surface area contributed by atoms with E-state index in [4.69, 9.17) is 9.15 Å². The Morgan fingerprint density at radius 1 is 1.38 bits per heavy atom. The van der Waals surface area contributed by atoms with Crippen molar-refractivity contribution in [3.63, 3.8) is 0 Å². The van der Waals surface area contributed by atoms with Crippen molar-refractivity contribution in [1.82, 2.24) is 15.1 Å². The number of nitrogens with one attached hydrogen (secondary N) is 1. The number of carbonyl (C=O) groups is 1. The SMILES string of the molecule is CCn1cc(C(=O)NCCc2ccc(C)o2)c(C2CCOCC2)n1. The van der Waals surface area contributed by atoms with Gasteiger partial charge in [-0.15, -0.1) is 0 Å². The van der Waals surface area contributed by atoms with Crippen LogP contribution in [0.15, 0.2) is 22.7 Å². The van der Waals surface area contributed by atoms with Gasteiger partial charge < -0.3 is 14.5 Å². The molecule has 6 heteroatoms. The van der Waals surface area contributed by atoms with E-state index < -0.39 is 0 Å². The second-order valence-corrected chi connectivity index (χ2v) is 6.19. The van der Waals surface area contributed by atoms with Gasteiger partial charge in [0.05, 0.1) is 11.3 Å². The Hall–Kier alpha value is -2.08. The van der Waals surface area contributed by atoms with Gasteiger partial charge in [0.25, 0.3) is 5.91 Å². The molecule has 1 amide bonds. The predicted octanol–water partition coefficient (Wildman–Crippen LogP) is 2.67. The second kappa shape index (κ2) is 7.66. The highest BCUT2D eigenvalue weighted by molar-refractivity contribution is 5.95. The molecule has 1 saturated heterocycles. The van der Waals surface area contributed by atoms with Gasteiger partial charge >= 0.3 is 0 Å². The Bertz CT molecular complexity index is 683. The van der Waals surface area contributed by atoms with Crippen molar-refractivity contribution < 1.29 is 13.9 Å². The normalized spacial score (nSPS) is 15.6. The minimum absolute atomic E-state index is 0.0560. The molecular weight excluding hydrogens is 306 g/mol. The van der Waals surface area contributed by atoms with Crippen molar-refractivity contribution in [1.29, 1.82) is 0 Å². The maximum atomic E-state index is 12.6. The number of rotatable bonds is 6. The van der Waals surface area contributed by atoms with E-state index in [2.05, 4.69) is 10.4 Å². The Kier molecular flexibility index (Phi) is 5.35. The molecule has 1 N–H and O–H groups in total. The first-order chi connectivity index (χ1) is 11.7. The number of nitrogens with zero attached hydrogens (tertiary/aromatic N) is 2. The minimum Gasteiger partial charge on any atom is -0.466 e. The molecule has 0 aliphatic carbocycles. The fourth-order valence-electron chi connectivity index (χ4n) is 3.06. The minimum atomic E-state index is -0.0560. The Labute approximate surface area is 142 Å². The van der Waals surface area contributed by atoms with Crippen LogP contribution in [0.3, 0.4) is 0 Å². The van der Waals surface area contributed by atoms with E-state index in [9.17, 15) is 4.79 Å². The van der Waals surface area contributed by atoms with Crippen molar-refractivity contribution >= 4 is 5.91 Å². The molecule has 3 rings (SSSR count). The third-order valence-corrected chi connectivity index (χ3v) is 4.42. The van der Waals surface area contributed by atoms with Gasteiger partial charge in [-0.1, -0.05) is 0 Å². The standard InChI is InChI=1S/C18H25N3O3/c1-3-21-12-16(17(20-21)14-7-10-23-11-8-14)18(22)19-9-6-15-5-4-13(2)24-15/h4-5,12,14H,3,6-11H2,1-2H3,(H,19,22). The lowest BCUT2D eigenvalue weighted by atomic mass is 9.94. The maximum absolute atomic E-state index is 12.6. The van der Waals surface area contributed by atoms with Crippen LogP contribution in [-0.4, -0.2) is 35.4 Å². The van der Waals surface area contributed by atoms with Crippen LogP contribution in [0.5, 0.6) is 0 Å². The summed E-state index contributed by atoms with van der Waals surface area (Å²) >= 11 is 0. The fraction of sp³-hybridized carbons (Fsp3) is 0.556. The first kappa shape index (κ1) is 16.8. The Balaban J connectivity index is 1.65. The zero-order valence-corrected chi connectivity index (χ0v) is 14.4. The summed E-state index contributed by atoms with van der Waals surface area (Å²) in [6.07, 6.45) is 4.39. The number of carbonyl (C=O) groups excluding carboxylic acids is 1. The lowest BCUT2D eigenvalue weighted by Crippen LogP contribution is -2.27. The Morgan fingerprint density at radius 2 is 2.17 bits per heavy atom. The highest BCUT2D eigenvalue weighted by Crippen LogP contribution is 2.28. The van der Waals surface area contributed by atoms with E-state index in [1.54, 1.807) is 0 Å². The van der Waals surface area contributed by atoms with E-state index in [0.29, 0.717) is 24.4 Å². The molecule has 1 fully saturated rings. The lowest BCUT2D eigenvalue weighted by molar-refractivity contribution is 0.0832. The molecule has 0 atom stereocenters. The van der Waals surface area contributed by atoms with Gasteiger partial charge in [0.1, 0.15) is 11.5 Å². The van der Waals surface area contributed by atoms with E-state index in [1.165, 1.54) is 0 Å². The summed E-state index contributed by atoms with van der Waals surface area (Å²) in [6, 6.07) is 3.88. The largest absolute Gasteiger partial charge is 0.466 e. The third kappa shape index (κ3) is 3.87. The topological polar surface area (TPSA) is 69.3 Å². The van der Waals surface area contributed by atoms with Crippen molar-refractivity contribution in [3.05, 3.63) is 41.1 Å². The van der Waals surface area contributed by atoms with Crippen LogP contribution < -0.4 is 5.32 Å². The quantitative estimate of drug-likeness (QED) is 0.883. The fourth-order valence-corrected chi connectivity index (χ4v) is 3.06. The number of amides is 1. The molecule has 3 heterocycles. The molecule has 0 bridgehead atoms. The van der Waals surface area contributed by atoms with Gasteiger partial charge in [0, 0.05) is 44.8 Å². The molecule has 0 aromatic carbocycles. The van der Waals surface area contributed by atoms with Gasteiger partial charge in [0.15, 0.2) is 0 Å². The summed E-state index contributed by atoms with van der Waals surface area (Å²) in [5, 5.41) is 7.61. The molecule has 0 saturated carbocycles. The Morgan fingerprint density at radius 3 is 2.83 bits per heavy atom. The monoisotopic (exact) mass is 331 g/mol. The number of aromatic nitrogens is 2. The molecule has 1 aliphatic rings. The van der Waals surface area contributed by atoms with Crippen LogP contribution >= 0.6 is 0 Å². The molecule has 6 nitrogen and oxygen atoms in total. The molecule has 1 aliphatic heterocycles. The van der Waals surface area contributed by atoms with Crippen LogP contribution in [0.1, 0.15) is 53.3 Å². The average molecular weight is 331 g/mol. The summed E-state index contributed by atoms with van der Waals surface area (Å²) in [7, 11) is 0. The first-order valence-corrected chi connectivity index (χ1v) is 8.66. The zero-order chi connectivity index (χ0) is 16.9. The zero-order valence-electron chi connectivity index (χ0n) is 14.4. The van der Waals surface area contributed by atoms with Crippen molar-refractivity contribution in [2.45, 2.75) is 45.6 Å². The smallest absolute Gasteiger partial charge is 0.254 e. The van der Waals surface area contributed by atoms with Crippen molar-refractivity contribution in [3.8, 4) is 0 Å². The van der Waals surface area contributed by atoms with Crippen LogP contribution in [-0.2, 0) is 17.7 Å². The number of hydrogen-bond acceptors (Lipinski definition) is 4. The molecule has 24 heavy (non-hydrogen) atoms. The van der Waals surface area contributed by atoms with Crippen LogP contribution in [0.4, 0.5) is 0 Å². The number of hydrogen-bond donors (Lipinski definition) is 1.